The van der Waals surface area contributed by atoms with Crippen LogP contribution in [0.2, 0.25) is 0 Å². The third kappa shape index (κ3) is 2.46. The summed E-state index contributed by atoms with van der Waals surface area (Å²) < 4.78 is 5.31. The molecule has 2 saturated carbocycles. The number of carbonyl (C=O) groups is 1. The van der Waals surface area contributed by atoms with Gasteiger partial charge in [0.05, 0.1) is 12.6 Å². The molecule has 102 valence electrons. The van der Waals surface area contributed by atoms with E-state index in [4.69, 9.17) is 4.74 Å². The van der Waals surface area contributed by atoms with E-state index >= 15 is 0 Å². The van der Waals surface area contributed by atoms with Crippen LogP contribution in [-0.2, 0) is 10.3 Å². The van der Waals surface area contributed by atoms with E-state index in [0.29, 0.717) is 0 Å². The number of hydrogen-bond donors (Lipinski definition) is 1. The maximum absolute atomic E-state index is 12.2. The van der Waals surface area contributed by atoms with Crippen molar-refractivity contribution >= 4 is 5.91 Å². The largest absolute Gasteiger partial charge is 0.497 e. The molecule has 1 N–H and O–H groups in total. The van der Waals surface area contributed by atoms with Crippen molar-refractivity contribution < 1.29 is 9.53 Å². The van der Waals surface area contributed by atoms with E-state index in [1.807, 2.05) is 12.1 Å². The van der Waals surface area contributed by atoms with E-state index in [1.54, 1.807) is 7.11 Å². The Morgan fingerprint density at radius 3 is 2.68 bits per heavy atom. The number of nitrogens with one attached hydrogen (secondary N) is 1. The molecule has 1 aromatic rings. The van der Waals surface area contributed by atoms with Gasteiger partial charge < -0.3 is 10.1 Å². The number of methoxy groups -OCH3 is 1. The Labute approximate surface area is 114 Å². The van der Waals surface area contributed by atoms with Crippen LogP contribution >= 0.6 is 0 Å². The molecule has 0 heterocycles. The Hall–Kier alpha value is -1.51. The molecule has 0 aromatic heterocycles. The van der Waals surface area contributed by atoms with E-state index in [1.165, 1.54) is 18.4 Å². The van der Waals surface area contributed by atoms with Gasteiger partial charge in [0.25, 0.3) is 0 Å². The van der Waals surface area contributed by atoms with Gasteiger partial charge in [0.15, 0.2) is 0 Å². The second-order valence-corrected chi connectivity index (χ2v) is 5.78. The molecule has 0 unspecified atom stereocenters. The summed E-state index contributed by atoms with van der Waals surface area (Å²) in [5.41, 5.74) is 1.03. The quantitative estimate of drug-likeness (QED) is 0.902. The van der Waals surface area contributed by atoms with E-state index < -0.39 is 0 Å². The maximum atomic E-state index is 12.2. The van der Waals surface area contributed by atoms with E-state index in [-0.39, 0.29) is 17.4 Å². The summed E-state index contributed by atoms with van der Waals surface area (Å²) in [6.07, 6.45) is 6.56. The van der Waals surface area contributed by atoms with Crippen molar-refractivity contribution in [2.75, 3.05) is 7.11 Å². The number of hydrogen-bond acceptors (Lipinski definition) is 2. The summed E-state index contributed by atoms with van der Waals surface area (Å²) in [4.78, 5) is 12.2. The highest BCUT2D eigenvalue weighted by Gasteiger charge is 2.40. The molecule has 1 amide bonds. The molecule has 3 rings (SSSR count). The fourth-order valence-electron chi connectivity index (χ4n) is 3.07. The summed E-state index contributed by atoms with van der Waals surface area (Å²) in [6, 6.07) is 8.14. The topological polar surface area (TPSA) is 38.3 Å². The van der Waals surface area contributed by atoms with Crippen molar-refractivity contribution in [2.45, 2.75) is 44.1 Å². The van der Waals surface area contributed by atoms with Gasteiger partial charge in [-0.25, -0.2) is 0 Å². The molecule has 3 nitrogen and oxygen atoms in total. The Kier molecular flexibility index (Phi) is 3.21. The fraction of sp³-hybridized carbons (Fsp3) is 0.562. The molecule has 2 fully saturated rings. The molecular formula is C16H21NO2. The lowest BCUT2D eigenvalue weighted by Crippen LogP contribution is -2.44. The molecule has 19 heavy (non-hydrogen) atoms. The fourth-order valence-corrected chi connectivity index (χ4v) is 3.07. The van der Waals surface area contributed by atoms with Crippen LogP contribution in [0.1, 0.15) is 44.1 Å². The minimum atomic E-state index is -0.159. The molecular weight excluding hydrogens is 238 g/mol. The van der Waals surface area contributed by atoms with Crippen molar-refractivity contribution in [3.63, 3.8) is 0 Å². The number of ether oxygens (including phenoxy) is 1. The second kappa shape index (κ2) is 4.87. The van der Waals surface area contributed by atoms with Crippen LogP contribution in [0.15, 0.2) is 24.3 Å². The smallest absolute Gasteiger partial charge is 0.223 e. The summed E-state index contributed by atoms with van der Waals surface area (Å²) in [5, 5.41) is 3.33. The van der Waals surface area contributed by atoms with Crippen LogP contribution in [0.4, 0.5) is 0 Å². The third-order valence-corrected chi connectivity index (χ3v) is 4.39. The summed E-state index contributed by atoms with van der Waals surface area (Å²) >= 11 is 0. The van der Waals surface area contributed by atoms with Gasteiger partial charge in [-0.1, -0.05) is 25.0 Å². The first kappa shape index (κ1) is 12.5. The zero-order valence-corrected chi connectivity index (χ0v) is 11.4. The normalized spacial score (nSPS) is 21.1. The highest BCUT2D eigenvalue weighted by molar-refractivity contribution is 5.81. The lowest BCUT2D eigenvalue weighted by atomic mass is 9.87. The van der Waals surface area contributed by atoms with Crippen molar-refractivity contribution in [1.29, 1.82) is 0 Å². The van der Waals surface area contributed by atoms with Gasteiger partial charge in [0, 0.05) is 5.92 Å². The molecule has 0 aliphatic heterocycles. The van der Waals surface area contributed by atoms with Gasteiger partial charge in [0.1, 0.15) is 5.75 Å². The first-order chi connectivity index (χ1) is 9.23. The first-order valence-electron chi connectivity index (χ1n) is 7.20. The average molecular weight is 259 g/mol. The van der Waals surface area contributed by atoms with Crippen molar-refractivity contribution in [3.05, 3.63) is 29.8 Å². The van der Waals surface area contributed by atoms with Crippen molar-refractivity contribution in [3.8, 4) is 5.75 Å². The minimum absolute atomic E-state index is 0.159. The minimum Gasteiger partial charge on any atom is -0.497 e. The van der Waals surface area contributed by atoms with Crippen LogP contribution in [0.3, 0.4) is 0 Å². The Morgan fingerprint density at radius 2 is 2.05 bits per heavy atom. The second-order valence-electron chi connectivity index (χ2n) is 5.78. The molecule has 0 spiro atoms. The van der Waals surface area contributed by atoms with E-state index in [9.17, 15) is 4.79 Å². The Balaban J connectivity index is 1.87. The lowest BCUT2D eigenvalue weighted by Gasteiger charge is -2.31. The summed E-state index contributed by atoms with van der Waals surface area (Å²) in [7, 11) is 1.68. The molecule has 0 saturated heterocycles. The average Bonchev–Trinajstić information content (AvgIpc) is 3.20. The van der Waals surface area contributed by atoms with Crippen LogP contribution in [0.25, 0.3) is 0 Å². The Bertz CT molecular complexity index is 473. The predicted molar refractivity (Wildman–Crippen MR) is 74.0 cm³/mol. The van der Waals surface area contributed by atoms with Gasteiger partial charge in [-0.15, -0.1) is 0 Å². The van der Waals surface area contributed by atoms with Crippen LogP contribution in [0, 0.1) is 5.92 Å². The zero-order chi connectivity index (χ0) is 13.3. The molecule has 1 aromatic carbocycles. The van der Waals surface area contributed by atoms with Gasteiger partial charge in [0.2, 0.25) is 5.91 Å². The monoisotopic (exact) mass is 259 g/mol. The lowest BCUT2D eigenvalue weighted by molar-refractivity contribution is -0.124. The highest BCUT2D eigenvalue weighted by Crippen LogP contribution is 2.41. The molecule has 3 heteroatoms. The van der Waals surface area contributed by atoms with Gasteiger partial charge in [-0.3, -0.25) is 4.79 Å². The molecule has 2 aliphatic rings. The SMILES string of the molecule is COc1cccc(C2(NC(=O)C3CC3)CCCC2)c1. The van der Waals surface area contributed by atoms with Gasteiger partial charge >= 0.3 is 0 Å². The van der Waals surface area contributed by atoms with Gasteiger partial charge in [-0.05, 0) is 43.4 Å². The van der Waals surface area contributed by atoms with E-state index in [2.05, 4.69) is 17.4 Å². The third-order valence-electron chi connectivity index (χ3n) is 4.39. The molecule has 0 bridgehead atoms. The van der Waals surface area contributed by atoms with Crippen LogP contribution in [0.5, 0.6) is 5.75 Å². The predicted octanol–water partition coefficient (Wildman–Crippen LogP) is 2.99. The summed E-state index contributed by atoms with van der Waals surface area (Å²) in [5.74, 6) is 1.37. The molecule has 0 radical (unpaired) electrons. The first-order valence-corrected chi connectivity index (χ1v) is 7.20. The standard InChI is InChI=1S/C16H21NO2/c1-19-14-6-4-5-13(11-14)16(9-2-3-10-16)17-15(18)12-7-8-12/h4-6,11-12H,2-3,7-10H2,1H3,(H,17,18). The van der Waals surface area contributed by atoms with Crippen molar-refractivity contribution in [2.24, 2.45) is 5.92 Å². The molecule has 2 aliphatic carbocycles. The number of carbonyl (C=O) groups excluding carboxylic acids is 1. The summed E-state index contributed by atoms with van der Waals surface area (Å²) in [6.45, 7) is 0. The zero-order valence-electron chi connectivity index (χ0n) is 11.4. The van der Waals surface area contributed by atoms with Crippen LogP contribution in [-0.4, -0.2) is 13.0 Å². The maximum Gasteiger partial charge on any atom is 0.223 e. The number of benzene rings is 1. The van der Waals surface area contributed by atoms with E-state index in [0.717, 1.165) is 31.4 Å². The molecule has 0 atom stereocenters. The van der Waals surface area contributed by atoms with Gasteiger partial charge in [-0.2, -0.15) is 0 Å². The van der Waals surface area contributed by atoms with Crippen molar-refractivity contribution in [1.82, 2.24) is 5.32 Å². The number of amides is 1. The number of rotatable bonds is 4. The highest BCUT2D eigenvalue weighted by atomic mass is 16.5. The Morgan fingerprint density at radius 1 is 1.32 bits per heavy atom. The van der Waals surface area contributed by atoms with Crippen LogP contribution < -0.4 is 10.1 Å².